The summed E-state index contributed by atoms with van der Waals surface area (Å²) >= 11 is 0. The maximum atomic E-state index is 11.9. The topological polar surface area (TPSA) is 87.3 Å². The third kappa shape index (κ3) is 4.33. The van der Waals surface area contributed by atoms with E-state index in [0.717, 1.165) is 61.8 Å². The largest absolute Gasteiger partial charge is 0.450 e. The number of anilines is 1. The van der Waals surface area contributed by atoms with E-state index in [0.29, 0.717) is 18.1 Å². The van der Waals surface area contributed by atoms with Gasteiger partial charge in [-0.05, 0) is 44.7 Å². The highest BCUT2D eigenvalue weighted by atomic mass is 16.6. The Morgan fingerprint density at radius 3 is 2.75 bits per heavy atom. The molecule has 0 bridgehead atoms. The Morgan fingerprint density at radius 2 is 2.09 bits per heavy atom. The number of piperazine rings is 1. The summed E-state index contributed by atoms with van der Waals surface area (Å²) in [7, 11) is 1.76. The van der Waals surface area contributed by atoms with Crippen LogP contribution in [0.25, 0.3) is 5.57 Å². The van der Waals surface area contributed by atoms with Gasteiger partial charge in [0.05, 0.1) is 6.61 Å². The van der Waals surface area contributed by atoms with E-state index in [4.69, 9.17) is 15.5 Å². The first kappa shape index (κ1) is 22.6. The fraction of sp³-hybridized carbons (Fsp3) is 0.625. The molecule has 3 heterocycles. The molecule has 1 spiro atoms. The summed E-state index contributed by atoms with van der Waals surface area (Å²) < 4.78 is 5.15. The average Bonchev–Trinajstić information content (AvgIpc) is 3.23. The number of carbonyl (C=O) groups excluding carboxylic acids is 1. The molecule has 1 amide bonds. The molecule has 3 aliphatic rings. The molecule has 0 aromatic carbocycles. The normalized spacial score (nSPS) is 23.7. The van der Waals surface area contributed by atoms with Gasteiger partial charge < -0.3 is 20.3 Å². The molecule has 1 aromatic heterocycles. The van der Waals surface area contributed by atoms with Crippen molar-refractivity contribution in [1.82, 2.24) is 14.8 Å². The second-order valence-electron chi connectivity index (χ2n) is 9.31. The van der Waals surface area contributed by atoms with E-state index in [1.807, 2.05) is 24.1 Å². The van der Waals surface area contributed by atoms with Crippen molar-refractivity contribution < 1.29 is 9.53 Å². The van der Waals surface area contributed by atoms with Gasteiger partial charge in [0.15, 0.2) is 0 Å². The number of nitrogens with zero attached hydrogens (tertiary/aromatic N) is 5. The number of hydrogen-bond donors (Lipinski definition) is 1. The lowest BCUT2D eigenvalue weighted by Gasteiger charge is -2.48. The molecule has 0 radical (unpaired) electrons. The molecule has 3 fully saturated rings. The number of aryl methyl sites for hydroxylation is 1. The van der Waals surface area contributed by atoms with Crippen molar-refractivity contribution in [3.63, 3.8) is 0 Å². The number of rotatable bonds is 5. The van der Waals surface area contributed by atoms with Crippen LogP contribution in [-0.4, -0.2) is 86.1 Å². The number of amides is 1. The smallest absolute Gasteiger partial charge is 0.409 e. The van der Waals surface area contributed by atoms with Crippen LogP contribution in [0.4, 0.5) is 10.6 Å². The molecule has 174 valence electrons. The lowest BCUT2D eigenvalue weighted by atomic mass is 9.78. The summed E-state index contributed by atoms with van der Waals surface area (Å²) in [4.78, 5) is 27.7. The molecule has 8 nitrogen and oxygen atoms in total. The molecule has 2 N–H and O–H groups in total. The van der Waals surface area contributed by atoms with E-state index in [1.54, 1.807) is 19.5 Å². The highest BCUT2D eigenvalue weighted by molar-refractivity contribution is 6.12. The van der Waals surface area contributed by atoms with E-state index in [2.05, 4.69) is 21.7 Å². The average molecular weight is 441 g/mol. The van der Waals surface area contributed by atoms with Gasteiger partial charge in [-0.3, -0.25) is 9.89 Å². The Morgan fingerprint density at radius 1 is 1.34 bits per heavy atom. The predicted molar refractivity (Wildman–Crippen MR) is 128 cm³/mol. The predicted octanol–water partition coefficient (Wildman–Crippen LogP) is 2.52. The maximum absolute atomic E-state index is 11.9. The highest BCUT2D eigenvalue weighted by Crippen LogP contribution is 2.47. The molecule has 1 saturated carbocycles. The Kier molecular flexibility index (Phi) is 6.69. The minimum atomic E-state index is -0.157. The number of aromatic nitrogens is 1. The SMILES string of the molecule is CCOC(=O)N1CC2(CC[C@@H](N3CCN(c4nccc(C)c4C(C=NC)=CN)CC3)C2)C1. The van der Waals surface area contributed by atoms with Crippen LogP contribution in [0.1, 0.15) is 37.3 Å². The van der Waals surface area contributed by atoms with Crippen molar-refractivity contribution in [2.45, 2.75) is 39.2 Å². The van der Waals surface area contributed by atoms with Crippen LogP contribution >= 0.6 is 0 Å². The Balaban J connectivity index is 1.36. The number of hydrogen-bond acceptors (Lipinski definition) is 7. The minimum absolute atomic E-state index is 0.157. The number of ether oxygens (including phenoxy) is 1. The molecule has 8 heteroatoms. The number of likely N-dealkylation sites (tertiary alicyclic amines) is 1. The van der Waals surface area contributed by atoms with Crippen molar-refractivity contribution in [2.75, 3.05) is 57.8 Å². The summed E-state index contributed by atoms with van der Waals surface area (Å²) in [5.41, 5.74) is 9.35. The van der Waals surface area contributed by atoms with Crippen LogP contribution in [0, 0.1) is 12.3 Å². The van der Waals surface area contributed by atoms with Crippen LogP contribution in [0.5, 0.6) is 0 Å². The first-order valence-electron chi connectivity index (χ1n) is 11.7. The van der Waals surface area contributed by atoms with Gasteiger partial charge in [-0.25, -0.2) is 9.78 Å². The van der Waals surface area contributed by atoms with E-state index >= 15 is 0 Å². The van der Waals surface area contributed by atoms with Gasteiger partial charge in [0.1, 0.15) is 5.82 Å². The van der Waals surface area contributed by atoms with Gasteiger partial charge in [0.25, 0.3) is 0 Å². The first-order valence-corrected chi connectivity index (χ1v) is 11.7. The highest BCUT2D eigenvalue weighted by Gasteiger charge is 2.51. The zero-order valence-corrected chi connectivity index (χ0v) is 19.6. The van der Waals surface area contributed by atoms with Gasteiger partial charge in [-0.1, -0.05) is 0 Å². The molecular weight excluding hydrogens is 404 g/mol. The number of allylic oxidation sites excluding steroid dienone is 1. The van der Waals surface area contributed by atoms with Crippen molar-refractivity contribution in [1.29, 1.82) is 0 Å². The summed E-state index contributed by atoms with van der Waals surface area (Å²) in [6, 6.07) is 2.64. The zero-order valence-electron chi connectivity index (χ0n) is 19.6. The fourth-order valence-electron chi connectivity index (χ4n) is 5.65. The van der Waals surface area contributed by atoms with Gasteiger partial charge in [0, 0.05) is 87.5 Å². The van der Waals surface area contributed by atoms with E-state index in [-0.39, 0.29) is 6.09 Å². The summed E-state index contributed by atoms with van der Waals surface area (Å²) in [5, 5.41) is 0. The molecule has 32 heavy (non-hydrogen) atoms. The lowest BCUT2D eigenvalue weighted by Crippen LogP contribution is -2.58. The Hall–Kier alpha value is -2.61. The van der Waals surface area contributed by atoms with Crippen molar-refractivity contribution >= 4 is 23.7 Å². The second-order valence-corrected chi connectivity index (χ2v) is 9.31. The summed E-state index contributed by atoms with van der Waals surface area (Å²) in [6.07, 6.45) is 8.76. The van der Waals surface area contributed by atoms with Gasteiger partial charge >= 0.3 is 6.09 Å². The summed E-state index contributed by atoms with van der Waals surface area (Å²) in [5.74, 6) is 0.994. The molecule has 2 saturated heterocycles. The second kappa shape index (κ2) is 9.48. The zero-order chi connectivity index (χ0) is 22.7. The standard InChI is InChI=1S/C24H36N6O2/c1-4-32-23(31)30-16-24(17-30)7-5-20(13-24)28-9-11-29(12-10-28)22-21(18(2)6-8-27-22)19(14-25)15-26-3/h6,8,14-15,20H,4-5,7,9-13,16-17,25H2,1-3H3/t20-/m1/s1. The quantitative estimate of drug-likeness (QED) is 0.708. The Labute approximate surface area is 191 Å². The van der Waals surface area contributed by atoms with Crippen LogP contribution in [0.3, 0.4) is 0 Å². The first-order chi connectivity index (χ1) is 15.5. The van der Waals surface area contributed by atoms with E-state index in [9.17, 15) is 4.79 Å². The van der Waals surface area contributed by atoms with Crippen LogP contribution in [0.15, 0.2) is 23.5 Å². The van der Waals surface area contributed by atoms with Gasteiger partial charge in [-0.15, -0.1) is 0 Å². The van der Waals surface area contributed by atoms with Crippen LogP contribution in [-0.2, 0) is 4.74 Å². The van der Waals surface area contributed by atoms with Crippen LogP contribution in [0.2, 0.25) is 0 Å². The third-order valence-corrected chi connectivity index (χ3v) is 7.26. The molecule has 2 aliphatic heterocycles. The molecule has 1 atom stereocenters. The number of carbonyl (C=O) groups is 1. The maximum Gasteiger partial charge on any atom is 0.409 e. The number of nitrogens with two attached hydrogens (primary N) is 1. The molecule has 0 unspecified atom stereocenters. The fourth-order valence-corrected chi connectivity index (χ4v) is 5.65. The Bertz CT molecular complexity index is 884. The lowest BCUT2D eigenvalue weighted by molar-refractivity contribution is -0.00294. The summed E-state index contributed by atoms with van der Waals surface area (Å²) in [6.45, 7) is 10.1. The minimum Gasteiger partial charge on any atom is -0.450 e. The van der Waals surface area contributed by atoms with Crippen molar-refractivity contribution in [3.05, 3.63) is 29.6 Å². The van der Waals surface area contributed by atoms with E-state index in [1.165, 1.54) is 19.3 Å². The van der Waals surface area contributed by atoms with Gasteiger partial charge in [-0.2, -0.15) is 0 Å². The van der Waals surface area contributed by atoms with Crippen molar-refractivity contribution in [3.8, 4) is 0 Å². The number of aliphatic imine (C=N–C) groups is 1. The third-order valence-electron chi connectivity index (χ3n) is 7.26. The van der Waals surface area contributed by atoms with E-state index < -0.39 is 0 Å². The molecule has 1 aliphatic carbocycles. The van der Waals surface area contributed by atoms with Crippen molar-refractivity contribution in [2.24, 2.45) is 16.1 Å². The monoisotopic (exact) mass is 440 g/mol. The molecular formula is C24H36N6O2. The van der Waals surface area contributed by atoms with Crippen LogP contribution < -0.4 is 10.6 Å². The molecule has 4 rings (SSSR count). The number of pyridine rings is 1. The van der Waals surface area contributed by atoms with Gasteiger partial charge in [0.2, 0.25) is 0 Å². The molecule has 1 aromatic rings.